The van der Waals surface area contributed by atoms with Crippen LogP contribution in [0.1, 0.15) is 13.8 Å². The normalized spacial score (nSPS) is 31.7. The van der Waals surface area contributed by atoms with Gasteiger partial charge in [-0.15, -0.1) is 0 Å². The lowest BCUT2D eigenvalue weighted by Gasteiger charge is -2.38. The molecule has 1 fully saturated rings. The molecule has 9 heteroatoms. The molecule has 0 radical (unpaired) electrons. The van der Waals surface area contributed by atoms with E-state index in [4.69, 9.17) is 9.47 Å². The van der Waals surface area contributed by atoms with Crippen LogP contribution in [0.4, 0.5) is 17.6 Å². The van der Waals surface area contributed by atoms with Crippen LogP contribution in [0.15, 0.2) is 0 Å². The highest BCUT2D eigenvalue weighted by Gasteiger charge is 2.47. The highest BCUT2D eigenvalue weighted by Crippen LogP contribution is 2.23. The molecule has 1 rings (SSSR count). The number of hydrogen-bond acceptors (Lipinski definition) is 4. The molecular formula is C10H13F4NO4. The van der Waals surface area contributed by atoms with Gasteiger partial charge in [0, 0.05) is 6.92 Å². The summed E-state index contributed by atoms with van der Waals surface area (Å²) in [6, 6.07) is -1.60. The Morgan fingerprint density at radius 1 is 1.37 bits per heavy atom. The van der Waals surface area contributed by atoms with E-state index < -0.39 is 49.1 Å². The maximum absolute atomic E-state index is 13.6. The van der Waals surface area contributed by atoms with Gasteiger partial charge in [-0.25, -0.2) is 4.39 Å². The van der Waals surface area contributed by atoms with Crippen molar-refractivity contribution >= 4 is 11.9 Å². The Hall–Kier alpha value is -1.38. The van der Waals surface area contributed by atoms with Crippen LogP contribution in [-0.2, 0) is 19.1 Å². The van der Waals surface area contributed by atoms with Crippen molar-refractivity contribution in [1.82, 2.24) is 5.32 Å². The molecule has 4 atom stereocenters. The zero-order valence-electron chi connectivity index (χ0n) is 10.2. The minimum absolute atomic E-state index is 0.484. The van der Waals surface area contributed by atoms with E-state index >= 15 is 0 Å². The van der Waals surface area contributed by atoms with E-state index in [-0.39, 0.29) is 0 Å². The van der Waals surface area contributed by atoms with Gasteiger partial charge in [0.1, 0.15) is 12.2 Å². The molecule has 1 aliphatic rings. The molecule has 1 heterocycles. The fraction of sp³-hybridized carbons (Fsp3) is 0.800. The van der Waals surface area contributed by atoms with Gasteiger partial charge in [-0.3, -0.25) is 9.59 Å². The molecule has 1 N–H and O–H groups in total. The fourth-order valence-corrected chi connectivity index (χ4v) is 1.71. The summed E-state index contributed by atoms with van der Waals surface area (Å²) in [6.07, 6.45) is -9.17. The zero-order chi connectivity index (χ0) is 14.8. The predicted octanol–water partition coefficient (Wildman–Crippen LogP) is 0.722. The van der Waals surface area contributed by atoms with Gasteiger partial charge in [-0.05, 0) is 6.92 Å². The molecule has 0 aliphatic carbocycles. The molecular weight excluding hydrogens is 274 g/mol. The fourth-order valence-electron chi connectivity index (χ4n) is 1.71. The minimum atomic E-state index is -5.14. The van der Waals surface area contributed by atoms with Gasteiger partial charge in [0.05, 0.1) is 12.7 Å². The third-order valence-electron chi connectivity index (χ3n) is 2.58. The van der Waals surface area contributed by atoms with Gasteiger partial charge in [0.2, 0.25) is 0 Å². The van der Waals surface area contributed by atoms with E-state index in [0.29, 0.717) is 0 Å². The van der Waals surface area contributed by atoms with Crippen LogP contribution in [0.3, 0.4) is 0 Å². The van der Waals surface area contributed by atoms with E-state index in [0.717, 1.165) is 6.92 Å². The van der Waals surface area contributed by atoms with Gasteiger partial charge in [-0.2, -0.15) is 13.2 Å². The molecule has 0 spiro atoms. The Morgan fingerprint density at radius 2 is 1.95 bits per heavy atom. The standard InChI is InChI=1S/C10H13F4NO4/c1-4-8(19-5(2)16)7(6(11)3-18-4)15-9(17)10(12,13)14/h4,6-8H,3H2,1-2H3,(H,15,17)/t4-,6-,7-,8+/m0/s1. The van der Waals surface area contributed by atoms with Crippen LogP contribution < -0.4 is 5.32 Å². The van der Waals surface area contributed by atoms with Crippen molar-refractivity contribution in [2.24, 2.45) is 0 Å². The van der Waals surface area contributed by atoms with Crippen molar-refractivity contribution in [2.45, 2.75) is 44.4 Å². The summed E-state index contributed by atoms with van der Waals surface area (Å²) in [4.78, 5) is 21.7. The highest BCUT2D eigenvalue weighted by atomic mass is 19.4. The van der Waals surface area contributed by atoms with Crippen molar-refractivity contribution < 1.29 is 36.6 Å². The molecule has 1 saturated heterocycles. The molecule has 0 aromatic carbocycles. The second kappa shape index (κ2) is 5.72. The summed E-state index contributed by atoms with van der Waals surface area (Å²) in [5, 5.41) is 1.50. The lowest BCUT2D eigenvalue weighted by molar-refractivity contribution is -0.185. The van der Waals surface area contributed by atoms with Crippen LogP contribution in [0.5, 0.6) is 0 Å². The average molecular weight is 287 g/mol. The number of ether oxygens (including phenoxy) is 2. The molecule has 0 bridgehead atoms. The van der Waals surface area contributed by atoms with Crippen molar-refractivity contribution in [3.05, 3.63) is 0 Å². The number of esters is 1. The quantitative estimate of drug-likeness (QED) is 0.600. The summed E-state index contributed by atoms with van der Waals surface area (Å²) >= 11 is 0. The lowest BCUT2D eigenvalue weighted by Crippen LogP contribution is -2.61. The molecule has 1 aliphatic heterocycles. The third-order valence-corrected chi connectivity index (χ3v) is 2.58. The first-order chi connectivity index (χ1) is 8.62. The van der Waals surface area contributed by atoms with Crippen LogP contribution >= 0.6 is 0 Å². The van der Waals surface area contributed by atoms with Crippen molar-refractivity contribution in [1.29, 1.82) is 0 Å². The smallest absolute Gasteiger partial charge is 0.457 e. The minimum Gasteiger partial charge on any atom is -0.457 e. The number of amides is 1. The van der Waals surface area contributed by atoms with Gasteiger partial charge >= 0.3 is 18.1 Å². The first kappa shape index (κ1) is 15.7. The van der Waals surface area contributed by atoms with Crippen molar-refractivity contribution in [3.63, 3.8) is 0 Å². The van der Waals surface area contributed by atoms with E-state index in [1.807, 2.05) is 0 Å². The predicted molar refractivity (Wildman–Crippen MR) is 53.8 cm³/mol. The maximum atomic E-state index is 13.6. The van der Waals surface area contributed by atoms with Crippen LogP contribution in [0.25, 0.3) is 0 Å². The van der Waals surface area contributed by atoms with Crippen LogP contribution in [-0.4, -0.2) is 49.1 Å². The molecule has 1 amide bonds. The Bertz CT molecular complexity index is 360. The number of rotatable bonds is 2. The lowest BCUT2D eigenvalue weighted by atomic mass is 9.98. The number of alkyl halides is 4. The van der Waals surface area contributed by atoms with E-state index in [2.05, 4.69) is 0 Å². The van der Waals surface area contributed by atoms with E-state index in [1.54, 1.807) is 0 Å². The summed E-state index contributed by atoms with van der Waals surface area (Å²) in [5.41, 5.74) is 0. The number of carbonyl (C=O) groups is 2. The van der Waals surface area contributed by atoms with Gasteiger partial charge in [0.25, 0.3) is 0 Å². The number of hydrogen-bond donors (Lipinski definition) is 1. The van der Waals surface area contributed by atoms with E-state index in [1.165, 1.54) is 12.2 Å². The maximum Gasteiger partial charge on any atom is 0.471 e. The molecule has 0 aromatic heterocycles. The summed E-state index contributed by atoms with van der Waals surface area (Å²) < 4.78 is 59.6. The molecule has 0 saturated carbocycles. The molecule has 5 nitrogen and oxygen atoms in total. The average Bonchev–Trinajstić information content (AvgIpc) is 2.26. The first-order valence-corrected chi connectivity index (χ1v) is 5.43. The number of carbonyl (C=O) groups excluding carboxylic acids is 2. The molecule has 110 valence electrons. The van der Waals surface area contributed by atoms with Crippen molar-refractivity contribution in [3.8, 4) is 0 Å². The Labute approximate surface area is 106 Å². The first-order valence-electron chi connectivity index (χ1n) is 5.43. The highest BCUT2D eigenvalue weighted by molar-refractivity contribution is 5.82. The number of nitrogens with one attached hydrogen (secondary N) is 1. The van der Waals surface area contributed by atoms with Crippen LogP contribution in [0.2, 0.25) is 0 Å². The van der Waals surface area contributed by atoms with E-state index in [9.17, 15) is 27.2 Å². The van der Waals surface area contributed by atoms with Crippen LogP contribution in [0, 0.1) is 0 Å². The van der Waals surface area contributed by atoms with Gasteiger partial charge in [-0.1, -0.05) is 0 Å². The monoisotopic (exact) mass is 287 g/mol. The summed E-state index contributed by atoms with van der Waals surface area (Å²) in [7, 11) is 0. The van der Waals surface area contributed by atoms with Gasteiger partial charge in [0.15, 0.2) is 6.10 Å². The molecule has 19 heavy (non-hydrogen) atoms. The zero-order valence-corrected chi connectivity index (χ0v) is 10.2. The Balaban J connectivity index is 2.84. The molecule has 0 aromatic rings. The van der Waals surface area contributed by atoms with Gasteiger partial charge < -0.3 is 14.8 Å². The second-order valence-electron chi connectivity index (χ2n) is 4.13. The summed E-state index contributed by atoms with van der Waals surface area (Å²) in [6.45, 7) is 1.95. The topological polar surface area (TPSA) is 64.6 Å². The molecule has 0 unspecified atom stereocenters. The third kappa shape index (κ3) is 4.05. The Kier molecular flexibility index (Phi) is 4.72. The number of halogens is 4. The van der Waals surface area contributed by atoms with Crippen molar-refractivity contribution in [2.75, 3.05) is 6.61 Å². The SMILES string of the molecule is CC(=O)O[C@H]1[C@@H](NC(=O)C(F)(F)F)[C@@H](F)CO[C@H]1C. The Morgan fingerprint density at radius 3 is 2.42 bits per heavy atom. The second-order valence-corrected chi connectivity index (χ2v) is 4.13. The summed E-state index contributed by atoms with van der Waals surface area (Å²) in [5.74, 6) is -3.09. The largest absolute Gasteiger partial charge is 0.471 e.